The van der Waals surface area contributed by atoms with Crippen LogP contribution in [0.25, 0.3) is 0 Å². The highest BCUT2D eigenvalue weighted by atomic mass is 32.2. The van der Waals surface area contributed by atoms with Gasteiger partial charge >= 0.3 is 0 Å². The maximum Gasteiger partial charge on any atom is 0.214 e. The number of carbonyl (C=O) groups excluding carboxylic acids is 1. The summed E-state index contributed by atoms with van der Waals surface area (Å²) in [5.41, 5.74) is 0. The van der Waals surface area contributed by atoms with Crippen LogP contribution in [0.15, 0.2) is 35.2 Å². The molecule has 63 valence electrons. The van der Waals surface area contributed by atoms with Crippen molar-refractivity contribution in [3.8, 4) is 0 Å². The first kappa shape index (κ1) is 8.93. The molecule has 0 aromatic heterocycles. The Morgan fingerprint density at radius 2 is 1.75 bits per heavy atom. The first-order valence-electron chi connectivity index (χ1n) is 3.29. The summed E-state index contributed by atoms with van der Waals surface area (Å²) in [6, 6.07) is 7.83. The zero-order valence-corrected chi connectivity index (χ0v) is 7.04. The monoisotopic (exact) mass is 183 g/mol. The second-order valence-corrected chi connectivity index (χ2v) is 4.21. The predicted octanol–water partition coefficient (Wildman–Crippen LogP) is 0.570. The molecule has 1 radical (unpaired) electrons. The van der Waals surface area contributed by atoms with E-state index in [4.69, 9.17) is 0 Å². The summed E-state index contributed by atoms with van der Waals surface area (Å²) >= 11 is 0. The summed E-state index contributed by atoms with van der Waals surface area (Å²) in [4.78, 5) is 10.1. The third kappa shape index (κ3) is 1.92. The largest absolute Gasteiger partial charge is 0.290 e. The van der Waals surface area contributed by atoms with Crippen molar-refractivity contribution < 1.29 is 13.2 Å². The molecule has 0 saturated carbocycles. The highest BCUT2D eigenvalue weighted by Gasteiger charge is 2.12. The zero-order valence-electron chi connectivity index (χ0n) is 6.23. The summed E-state index contributed by atoms with van der Waals surface area (Å²) in [6.07, 6.45) is 1.37. The molecule has 0 aliphatic carbocycles. The van der Waals surface area contributed by atoms with Gasteiger partial charge in [0.25, 0.3) is 0 Å². The molecule has 4 heteroatoms. The molecule has 0 fully saturated rings. The third-order valence-electron chi connectivity index (χ3n) is 1.35. The first-order valence-corrected chi connectivity index (χ1v) is 4.95. The molecule has 12 heavy (non-hydrogen) atoms. The summed E-state index contributed by atoms with van der Waals surface area (Å²) < 4.78 is 22.3. The van der Waals surface area contributed by atoms with Gasteiger partial charge in [0.15, 0.2) is 9.84 Å². The van der Waals surface area contributed by atoms with Crippen LogP contribution in [-0.2, 0) is 14.6 Å². The summed E-state index contributed by atoms with van der Waals surface area (Å²) in [5, 5.41) is 0. The Labute approximate surface area is 70.9 Å². The van der Waals surface area contributed by atoms with Crippen LogP contribution >= 0.6 is 0 Å². The van der Waals surface area contributed by atoms with Gasteiger partial charge in [-0.3, -0.25) is 4.79 Å². The molecule has 0 bridgehead atoms. The summed E-state index contributed by atoms with van der Waals surface area (Å²) in [6.45, 7) is 0. The average Bonchev–Trinajstić information content (AvgIpc) is 2.06. The standard InChI is InChI=1S/C8H7O3S/c9-6-7-12(10,11)8-4-2-1-3-5-8/h1-5H,7H2. The Bertz CT molecular complexity index is 353. The van der Waals surface area contributed by atoms with Crippen molar-refractivity contribution >= 4 is 16.1 Å². The molecule has 0 saturated heterocycles. The van der Waals surface area contributed by atoms with Crippen molar-refractivity contribution in [1.29, 1.82) is 0 Å². The molecule has 1 aromatic rings. The van der Waals surface area contributed by atoms with E-state index in [0.29, 0.717) is 0 Å². The van der Waals surface area contributed by atoms with Crippen molar-refractivity contribution in [3.63, 3.8) is 0 Å². The van der Waals surface area contributed by atoms with Gasteiger partial charge in [0.1, 0.15) is 5.75 Å². The molecule has 0 N–H and O–H groups in total. The number of benzene rings is 1. The highest BCUT2D eigenvalue weighted by molar-refractivity contribution is 7.92. The fraction of sp³-hybridized carbons (Fsp3) is 0.125. The van der Waals surface area contributed by atoms with Gasteiger partial charge in [0, 0.05) is 0 Å². The van der Waals surface area contributed by atoms with Gasteiger partial charge < -0.3 is 0 Å². The van der Waals surface area contributed by atoms with E-state index in [1.54, 1.807) is 18.2 Å². The predicted molar refractivity (Wildman–Crippen MR) is 44.2 cm³/mol. The van der Waals surface area contributed by atoms with E-state index in [1.807, 2.05) is 0 Å². The molecule has 1 rings (SSSR count). The molecule has 0 atom stereocenters. The van der Waals surface area contributed by atoms with Crippen LogP contribution in [0, 0.1) is 0 Å². The lowest BCUT2D eigenvalue weighted by molar-refractivity contribution is 0.557. The van der Waals surface area contributed by atoms with Crippen LogP contribution in [0.1, 0.15) is 0 Å². The van der Waals surface area contributed by atoms with Gasteiger partial charge in [-0.1, -0.05) is 18.2 Å². The van der Waals surface area contributed by atoms with Crippen LogP contribution in [0.5, 0.6) is 0 Å². The Morgan fingerprint density at radius 3 is 2.25 bits per heavy atom. The van der Waals surface area contributed by atoms with E-state index in [2.05, 4.69) is 0 Å². The Balaban J connectivity index is 3.07. The van der Waals surface area contributed by atoms with Gasteiger partial charge in [-0.05, 0) is 12.1 Å². The Morgan fingerprint density at radius 1 is 1.17 bits per heavy atom. The van der Waals surface area contributed by atoms with E-state index in [-0.39, 0.29) is 4.90 Å². The summed E-state index contributed by atoms with van der Waals surface area (Å²) in [7, 11) is -3.43. The molecule has 0 aliphatic rings. The second kappa shape index (κ2) is 3.49. The minimum absolute atomic E-state index is 0.161. The zero-order chi connectivity index (χ0) is 9.03. The molecule has 1 aromatic carbocycles. The van der Waals surface area contributed by atoms with Crippen LogP contribution in [-0.4, -0.2) is 20.5 Å². The van der Waals surface area contributed by atoms with Crippen molar-refractivity contribution in [2.24, 2.45) is 0 Å². The molecule has 3 nitrogen and oxygen atoms in total. The summed E-state index contributed by atoms with van der Waals surface area (Å²) in [5.74, 6) is -0.572. The molecule has 0 heterocycles. The molecule has 0 aliphatic heterocycles. The lowest BCUT2D eigenvalue weighted by Gasteiger charge is -1.97. The molecule has 0 spiro atoms. The van der Waals surface area contributed by atoms with Crippen molar-refractivity contribution in [1.82, 2.24) is 0 Å². The SMILES string of the molecule is O=[C]CS(=O)(=O)c1ccccc1. The fourth-order valence-electron chi connectivity index (χ4n) is 0.789. The van der Waals surface area contributed by atoms with Crippen molar-refractivity contribution in [2.45, 2.75) is 4.90 Å². The van der Waals surface area contributed by atoms with Gasteiger partial charge in [-0.25, -0.2) is 8.42 Å². The van der Waals surface area contributed by atoms with Crippen LogP contribution in [0.4, 0.5) is 0 Å². The van der Waals surface area contributed by atoms with Gasteiger partial charge in [0.2, 0.25) is 6.29 Å². The van der Waals surface area contributed by atoms with Gasteiger partial charge in [0.05, 0.1) is 4.90 Å². The van der Waals surface area contributed by atoms with Gasteiger partial charge in [-0.2, -0.15) is 0 Å². The number of sulfone groups is 1. The smallest absolute Gasteiger partial charge is 0.214 e. The van der Waals surface area contributed by atoms with Crippen LogP contribution in [0.3, 0.4) is 0 Å². The fourth-order valence-corrected chi connectivity index (χ4v) is 1.68. The molecular formula is C8H7O3S. The van der Waals surface area contributed by atoms with Crippen LogP contribution in [0.2, 0.25) is 0 Å². The molecule has 0 amide bonds. The topological polar surface area (TPSA) is 51.2 Å². The molecule has 0 unspecified atom stereocenters. The Kier molecular flexibility index (Phi) is 2.60. The van der Waals surface area contributed by atoms with Crippen molar-refractivity contribution in [3.05, 3.63) is 30.3 Å². The minimum atomic E-state index is -3.43. The normalized spacial score (nSPS) is 11.0. The van der Waals surface area contributed by atoms with Gasteiger partial charge in [-0.15, -0.1) is 0 Å². The van der Waals surface area contributed by atoms with E-state index in [1.165, 1.54) is 18.4 Å². The van der Waals surface area contributed by atoms with E-state index >= 15 is 0 Å². The minimum Gasteiger partial charge on any atom is -0.290 e. The highest BCUT2D eigenvalue weighted by Crippen LogP contribution is 2.08. The lowest BCUT2D eigenvalue weighted by Crippen LogP contribution is -2.06. The second-order valence-electron chi connectivity index (χ2n) is 2.22. The first-order chi connectivity index (χ1) is 5.67. The number of hydrogen-bond donors (Lipinski definition) is 0. The number of hydrogen-bond acceptors (Lipinski definition) is 3. The van der Waals surface area contributed by atoms with E-state index in [9.17, 15) is 13.2 Å². The molecular weight excluding hydrogens is 176 g/mol. The van der Waals surface area contributed by atoms with E-state index < -0.39 is 15.6 Å². The van der Waals surface area contributed by atoms with E-state index in [0.717, 1.165) is 0 Å². The average molecular weight is 183 g/mol. The number of rotatable bonds is 3. The maximum atomic E-state index is 11.2. The van der Waals surface area contributed by atoms with Crippen molar-refractivity contribution in [2.75, 3.05) is 5.75 Å². The quantitative estimate of drug-likeness (QED) is 0.688. The maximum absolute atomic E-state index is 11.2. The lowest BCUT2D eigenvalue weighted by atomic mass is 10.4. The van der Waals surface area contributed by atoms with Crippen LogP contribution < -0.4 is 0 Å². The Hall–Kier alpha value is -1.16. The third-order valence-corrected chi connectivity index (χ3v) is 2.84.